The minimum atomic E-state index is -0.0595. The van der Waals surface area contributed by atoms with Gasteiger partial charge in [0.15, 0.2) is 0 Å². The Hall–Kier alpha value is -2.23. The Labute approximate surface area is 132 Å². The normalized spacial score (nSPS) is 10.8. The van der Waals surface area contributed by atoms with E-state index in [1.54, 1.807) is 0 Å². The Morgan fingerprint density at radius 1 is 1.18 bits per heavy atom. The molecule has 1 aromatic heterocycles. The molecule has 2 aromatic rings. The lowest BCUT2D eigenvalue weighted by molar-refractivity contribution is 0.0942. The molecule has 22 heavy (non-hydrogen) atoms. The summed E-state index contributed by atoms with van der Waals surface area (Å²) < 4.78 is 7.53. The van der Waals surface area contributed by atoms with Crippen LogP contribution >= 0.6 is 0 Å². The number of nitrogens with one attached hydrogen (secondary N) is 1. The summed E-state index contributed by atoms with van der Waals surface area (Å²) in [5.41, 5.74) is 2.79. The fourth-order valence-corrected chi connectivity index (χ4v) is 2.08. The van der Waals surface area contributed by atoms with E-state index in [4.69, 9.17) is 4.74 Å². The van der Waals surface area contributed by atoms with Gasteiger partial charge in [-0.05, 0) is 42.7 Å². The number of amides is 1. The van der Waals surface area contributed by atoms with Crippen molar-refractivity contribution in [1.29, 1.82) is 0 Å². The Kier molecular flexibility index (Phi) is 5.26. The summed E-state index contributed by atoms with van der Waals surface area (Å²) in [6, 6.07) is 11.6. The molecule has 1 amide bonds. The highest BCUT2D eigenvalue weighted by molar-refractivity contribution is 5.92. The number of nitrogens with zero attached hydrogens (tertiary/aromatic N) is 1. The second-order valence-corrected chi connectivity index (χ2v) is 5.95. The molecule has 4 heteroatoms. The van der Waals surface area contributed by atoms with Gasteiger partial charge >= 0.3 is 0 Å². The summed E-state index contributed by atoms with van der Waals surface area (Å²) in [5, 5.41) is 2.94. The van der Waals surface area contributed by atoms with Crippen LogP contribution in [0.2, 0.25) is 0 Å². The van der Waals surface area contributed by atoms with Crippen LogP contribution in [-0.4, -0.2) is 17.1 Å². The molecule has 0 fully saturated rings. The van der Waals surface area contributed by atoms with E-state index in [2.05, 4.69) is 19.2 Å². The van der Waals surface area contributed by atoms with Crippen molar-refractivity contribution < 1.29 is 9.53 Å². The van der Waals surface area contributed by atoms with E-state index in [-0.39, 0.29) is 5.91 Å². The van der Waals surface area contributed by atoms with Crippen LogP contribution in [-0.2, 0) is 13.6 Å². The van der Waals surface area contributed by atoms with E-state index in [9.17, 15) is 4.79 Å². The maximum atomic E-state index is 12.1. The molecule has 0 unspecified atom stereocenters. The molecular weight excluding hydrogens is 276 g/mol. The fraction of sp³-hybridized carbons (Fsp3) is 0.389. The van der Waals surface area contributed by atoms with Crippen molar-refractivity contribution in [3.8, 4) is 5.75 Å². The summed E-state index contributed by atoms with van der Waals surface area (Å²) in [4.78, 5) is 12.1. The van der Waals surface area contributed by atoms with Crippen LogP contribution < -0.4 is 10.1 Å². The summed E-state index contributed by atoms with van der Waals surface area (Å²) in [5.74, 6) is 1.31. The number of benzene rings is 1. The topological polar surface area (TPSA) is 43.3 Å². The minimum Gasteiger partial charge on any atom is -0.493 e. The minimum absolute atomic E-state index is 0.0595. The molecule has 0 atom stereocenters. The van der Waals surface area contributed by atoms with Gasteiger partial charge in [-0.1, -0.05) is 26.0 Å². The van der Waals surface area contributed by atoms with Crippen LogP contribution in [0.25, 0.3) is 0 Å². The maximum absolute atomic E-state index is 12.1. The van der Waals surface area contributed by atoms with Crippen molar-refractivity contribution >= 4 is 5.91 Å². The van der Waals surface area contributed by atoms with Crippen molar-refractivity contribution in [3.63, 3.8) is 0 Å². The molecular formula is C18H24N2O2. The zero-order valence-electron chi connectivity index (χ0n) is 13.7. The summed E-state index contributed by atoms with van der Waals surface area (Å²) in [6.07, 6.45) is 0. The highest BCUT2D eigenvalue weighted by Crippen LogP contribution is 2.13. The second kappa shape index (κ2) is 7.16. The van der Waals surface area contributed by atoms with E-state index < -0.39 is 0 Å². The van der Waals surface area contributed by atoms with Gasteiger partial charge in [0, 0.05) is 19.3 Å². The third-order valence-electron chi connectivity index (χ3n) is 3.57. The fourth-order valence-electron chi connectivity index (χ4n) is 2.08. The first-order chi connectivity index (χ1) is 10.5. The van der Waals surface area contributed by atoms with Gasteiger partial charge in [-0.2, -0.15) is 0 Å². The average Bonchev–Trinajstić information content (AvgIpc) is 2.83. The summed E-state index contributed by atoms with van der Waals surface area (Å²) in [6.45, 7) is 7.44. The van der Waals surface area contributed by atoms with Gasteiger partial charge in [0.05, 0.1) is 6.61 Å². The quantitative estimate of drug-likeness (QED) is 0.889. The third kappa shape index (κ3) is 4.13. The highest BCUT2D eigenvalue weighted by Gasteiger charge is 2.10. The molecule has 1 heterocycles. The number of aryl methyl sites for hydroxylation is 1. The molecule has 1 aromatic carbocycles. The van der Waals surface area contributed by atoms with E-state index >= 15 is 0 Å². The summed E-state index contributed by atoms with van der Waals surface area (Å²) in [7, 11) is 1.89. The van der Waals surface area contributed by atoms with Gasteiger partial charge in [0.25, 0.3) is 5.91 Å². The van der Waals surface area contributed by atoms with Crippen LogP contribution in [0.3, 0.4) is 0 Å². The van der Waals surface area contributed by atoms with Gasteiger partial charge in [0.1, 0.15) is 11.4 Å². The van der Waals surface area contributed by atoms with Gasteiger partial charge in [0.2, 0.25) is 0 Å². The lowest BCUT2D eigenvalue weighted by Gasteiger charge is -2.10. The number of aromatic nitrogens is 1. The lowest BCUT2D eigenvalue weighted by Crippen LogP contribution is -2.25. The summed E-state index contributed by atoms with van der Waals surface area (Å²) >= 11 is 0. The maximum Gasteiger partial charge on any atom is 0.268 e. The number of hydrogen-bond donors (Lipinski definition) is 1. The molecule has 4 nitrogen and oxygen atoms in total. The van der Waals surface area contributed by atoms with Crippen LogP contribution in [0.4, 0.5) is 0 Å². The number of hydrogen-bond acceptors (Lipinski definition) is 2. The first-order valence-electron chi connectivity index (χ1n) is 7.59. The van der Waals surface area contributed by atoms with Crippen LogP contribution in [0.5, 0.6) is 5.75 Å². The Balaban J connectivity index is 1.89. The Bertz CT molecular complexity index is 627. The van der Waals surface area contributed by atoms with E-state index in [1.165, 1.54) is 0 Å². The molecule has 0 saturated carbocycles. The van der Waals surface area contributed by atoms with Crippen molar-refractivity contribution in [1.82, 2.24) is 9.88 Å². The molecule has 2 rings (SSSR count). The SMILES string of the molecule is Cc1ccc(C(=O)NCc2ccc(OCC(C)C)cc2)n1C. The highest BCUT2D eigenvalue weighted by atomic mass is 16.5. The molecule has 0 radical (unpaired) electrons. The molecule has 1 N–H and O–H groups in total. The predicted octanol–water partition coefficient (Wildman–Crippen LogP) is 3.30. The number of rotatable bonds is 6. The van der Waals surface area contributed by atoms with Gasteiger partial charge in [-0.15, -0.1) is 0 Å². The molecule has 0 aliphatic rings. The van der Waals surface area contributed by atoms with Gasteiger partial charge < -0.3 is 14.6 Å². The van der Waals surface area contributed by atoms with Gasteiger partial charge in [-0.25, -0.2) is 0 Å². The van der Waals surface area contributed by atoms with E-state index in [0.29, 0.717) is 24.8 Å². The van der Waals surface area contributed by atoms with Crippen molar-refractivity contribution in [2.24, 2.45) is 13.0 Å². The number of ether oxygens (including phenoxy) is 1. The first kappa shape index (κ1) is 16.1. The molecule has 0 saturated heterocycles. The smallest absolute Gasteiger partial charge is 0.268 e. The van der Waals surface area contributed by atoms with Crippen molar-refractivity contribution in [3.05, 3.63) is 53.3 Å². The van der Waals surface area contributed by atoms with Gasteiger partial charge in [-0.3, -0.25) is 4.79 Å². The molecule has 118 valence electrons. The predicted molar refractivity (Wildman–Crippen MR) is 88.1 cm³/mol. The van der Waals surface area contributed by atoms with Crippen molar-refractivity contribution in [2.75, 3.05) is 6.61 Å². The van der Waals surface area contributed by atoms with E-state index in [0.717, 1.165) is 17.0 Å². The monoisotopic (exact) mass is 300 g/mol. The standard InChI is InChI=1S/C18H24N2O2/c1-13(2)12-22-16-8-6-15(7-9-16)11-19-18(21)17-10-5-14(3)20(17)4/h5-10,13H,11-12H2,1-4H3,(H,19,21). The largest absolute Gasteiger partial charge is 0.493 e. The average molecular weight is 300 g/mol. The second-order valence-electron chi connectivity index (χ2n) is 5.95. The van der Waals surface area contributed by atoms with Crippen molar-refractivity contribution in [2.45, 2.75) is 27.3 Å². The van der Waals surface area contributed by atoms with E-state index in [1.807, 2.05) is 54.9 Å². The zero-order valence-corrected chi connectivity index (χ0v) is 13.7. The first-order valence-corrected chi connectivity index (χ1v) is 7.59. The Morgan fingerprint density at radius 3 is 2.41 bits per heavy atom. The van der Waals surface area contributed by atoms with Crippen LogP contribution in [0.1, 0.15) is 35.6 Å². The lowest BCUT2D eigenvalue weighted by atomic mass is 10.2. The molecule has 0 spiro atoms. The molecule has 0 bridgehead atoms. The third-order valence-corrected chi connectivity index (χ3v) is 3.57. The number of carbonyl (C=O) groups is 1. The zero-order chi connectivity index (χ0) is 16.1. The molecule has 0 aliphatic carbocycles. The molecule has 0 aliphatic heterocycles. The van der Waals surface area contributed by atoms with Crippen LogP contribution in [0, 0.1) is 12.8 Å². The Morgan fingerprint density at radius 2 is 1.86 bits per heavy atom. The van der Waals surface area contributed by atoms with Crippen LogP contribution in [0.15, 0.2) is 36.4 Å². The number of carbonyl (C=O) groups excluding carboxylic acids is 1.